The maximum absolute atomic E-state index is 11.2. The van der Waals surface area contributed by atoms with E-state index in [0.29, 0.717) is 12.4 Å². The molecule has 0 aliphatic rings. The molecule has 12 heavy (non-hydrogen) atoms. The Hall–Kier alpha value is -1.29. The number of aromatic amines is 1. The van der Waals surface area contributed by atoms with Gasteiger partial charge in [0.05, 0.1) is 0 Å². The molecule has 0 saturated heterocycles. The smallest absolute Gasteiger partial charge is 0.229 e. The van der Waals surface area contributed by atoms with Crippen LogP contribution in [0.3, 0.4) is 0 Å². The third-order valence-electron chi connectivity index (χ3n) is 1.66. The van der Waals surface area contributed by atoms with Crippen molar-refractivity contribution < 1.29 is 4.79 Å². The lowest BCUT2D eigenvalue weighted by atomic mass is 10.2. The molecule has 0 bridgehead atoms. The van der Waals surface area contributed by atoms with Crippen molar-refractivity contribution in [3.63, 3.8) is 0 Å². The van der Waals surface area contributed by atoms with Gasteiger partial charge in [-0.05, 0) is 12.1 Å². The van der Waals surface area contributed by atoms with Crippen molar-refractivity contribution in [2.75, 3.05) is 11.9 Å². The molecule has 1 aromatic heterocycles. The Balaban J connectivity index is 2.47. The number of hydrogen-bond acceptors (Lipinski definition) is 2. The lowest BCUT2D eigenvalue weighted by Crippen LogP contribution is -2.26. The molecule has 66 valence electrons. The van der Waals surface area contributed by atoms with Gasteiger partial charge in [0.1, 0.15) is 5.82 Å². The summed E-state index contributed by atoms with van der Waals surface area (Å²) < 4.78 is 0. The molecule has 1 heterocycles. The van der Waals surface area contributed by atoms with Crippen molar-refractivity contribution in [1.29, 1.82) is 0 Å². The lowest BCUT2D eigenvalue weighted by molar-refractivity contribution is -0.119. The number of anilines is 1. The number of aromatic nitrogens is 1. The number of carbonyl (C=O) groups excluding carboxylic acids is 1. The molecule has 4 heteroatoms. The van der Waals surface area contributed by atoms with Gasteiger partial charge in [-0.15, -0.1) is 0 Å². The zero-order chi connectivity index (χ0) is 8.97. The third kappa shape index (κ3) is 2.10. The standard InChI is InChI=1S/C8H13N3O/c1-6(5-9)8(12)11-7-3-2-4-10-7/h2-4,6,10H,5,9H2,1H3,(H,11,12). The first-order valence-electron chi connectivity index (χ1n) is 3.88. The number of H-pyrrole nitrogens is 1. The van der Waals surface area contributed by atoms with Crippen molar-refractivity contribution in [3.05, 3.63) is 18.3 Å². The highest BCUT2D eigenvalue weighted by atomic mass is 16.1. The van der Waals surface area contributed by atoms with Crippen LogP contribution in [0.5, 0.6) is 0 Å². The minimum absolute atomic E-state index is 0.0556. The molecule has 0 spiro atoms. The van der Waals surface area contributed by atoms with Gasteiger partial charge < -0.3 is 16.0 Å². The summed E-state index contributed by atoms with van der Waals surface area (Å²) >= 11 is 0. The van der Waals surface area contributed by atoms with Crippen LogP contribution in [0.15, 0.2) is 18.3 Å². The van der Waals surface area contributed by atoms with Crippen LogP contribution in [0.2, 0.25) is 0 Å². The second kappa shape index (κ2) is 3.92. The topological polar surface area (TPSA) is 70.9 Å². The quantitative estimate of drug-likeness (QED) is 0.615. The van der Waals surface area contributed by atoms with Crippen LogP contribution < -0.4 is 11.1 Å². The van der Waals surface area contributed by atoms with Crippen LogP contribution in [-0.2, 0) is 4.79 Å². The third-order valence-corrected chi connectivity index (χ3v) is 1.66. The van der Waals surface area contributed by atoms with Crippen molar-refractivity contribution in [1.82, 2.24) is 4.98 Å². The van der Waals surface area contributed by atoms with E-state index in [1.807, 2.05) is 6.07 Å². The maximum Gasteiger partial charge on any atom is 0.229 e. The van der Waals surface area contributed by atoms with Gasteiger partial charge in [-0.1, -0.05) is 6.92 Å². The summed E-state index contributed by atoms with van der Waals surface area (Å²) in [5.41, 5.74) is 5.33. The molecule has 1 amide bonds. The summed E-state index contributed by atoms with van der Waals surface area (Å²) in [5, 5.41) is 2.70. The van der Waals surface area contributed by atoms with Gasteiger partial charge >= 0.3 is 0 Å². The predicted octanol–water partition coefficient (Wildman–Crippen LogP) is 0.548. The first kappa shape index (κ1) is 8.80. The minimum Gasteiger partial charge on any atom is -0.348 e. The van der Waals surface area contributed by atoms with Crippen LogP contribution in [0.4, 0.5) is 5.82 Å². The number of amides is 1. The molecule has 1 rings (SSSR count). The van der Waals surface area contributed by atoms with E-state index in [0.717, 1.165) is 0 Å². The molecule has 0 aromatic carbocycles. The van der Waals surface area contributed by atoms with Gasteiger partial charge in [-0.2, -0.15) is 0 Å². The lowest BCUT2D eigenvalue weighted by Gasteiger charge is -2.07. The van der Waals surface area contributed by atoms with Gasteiger partial charge in [-0.3, -0.25) is 4.79 Å². The second-order valence-electron chi connectivity index (χ2n) is 2.71. The molecule has 0 aliphatic carbocycles. The number of nitrogens with two attached hydrogens (primary N) is 1. The van der Waals surface area contributed by atoms with E-state index in [1.54, 1.807) is 19.2 Å². The molecule has 4 N–H and O–H groups in total. The van der Waals surface area contributed by atoms with Crippen LogP contribution in [0.25, 0.3) is 0 Å². The van der Waals surface area contributed by atoms with Crippen molar-refractivity contribution in [2.45, 2.75) is 6.92 Å². The fourth-order valence-corrected chi connectivity index (χ4v) is 0.771. The van der Waals surface area contributed by atoms with E-state index >= 15 is 0 Å². The van der Waals surface area contributed by atoms with Gasteiger partial charge in [0.2, 0.25) is 5.91 Å². The molecule has 0 saturated carbocycles. The average molecular weight is 167 g/mol. The Morgan fingerprint density at radius 1 is 1.83 bits per heavy atom. The Morgan fingerprint density at radius 2 is 2.58 bits per heavy atom. The number of carbonyl (C=O) groups is 1. The first-order chi connectivity index (χ1) is 5.74. The monoisotopic (exact) mass is 167 g/mol. The van der Waals surface area contributed by atoms with E-state index in [9.17, 15) is 4.79 Å². The summed E-state index contributed by atoms with van der Waals surface area (Å²) in [7, 11) is 0. The summed E-state index contributed by atoms with van der Waals surface area (Å²) in [6.07, 6.45) is 1.75. The zero-order valence-corrected chi connectivity index (χ0v) is 7.00. The Labute approximate surface area is 71.2 Å². The van der Waals surface area contributed by atoms with E-state index in [4.69, 9.17) is 5.73 Å². The van der Waals surface area contributed by atoms with Crippen LogP contribution >= 0.6 is 0 Å². The molecule has 4 nitrogen and oxygen atoms in total. The molecule has 1 unspecified atom stereocenters. The number of hydrogen-bond donors (Lipinski definition) is 3. The maximum atomic E-state index is 11.2. The minimum atomic E-state index is -0.145. The Kier molecular flexibility index (Phi) is 2.88. The molecule has 0 fully saturated rings. The Bertz CT molecular complexity index is 243. The van der Waals surface area contributed by atoms with Crippen molar-refractivity contribution in [3.8, 4) is 0 Å². The zero-order valence-electron chi connectivity index (χ0n) is 7.00. The predicted molar refractivity (Wildman–Crippen MR) is 47.6 cm³/mol. The van der Waals surface area contributed by atoms with Gasteiger partial charge in [0.15, 0.2) is 0 Å². The molecule has 0 aliphatic heterocycles. The van der Waals surface area contributed by atoms with Crippen LogP contribution in [0, 0.1) is 5.92 Å². The summed E-state index contributed by atoms with van der Waals surface area (Å²) in [5.74, 6) is 0.508. The molecule has 0 radical (unpaired) electrons. The van der Waals surface area contributed by atoms with E-state index < -0.39 is 0 Å². The average Bonchev–Trinajstić information content (AvgIpc) is 2.55. The van der Waals surface area contributed by atoms with Crippen LogP contribution in [0.1, 0.15) is 6.92 Å². The number of nitrogens with one attached hydrogen (secondary N) is 2. The fraction of sp³-hybridized carbons (Fsp3) is 0.375. The van der Waals surface area contributed by atoms with Gasteiger partial charge in [0, 0.05) is 18.7 Å². The van der Waals surface area contributed by atoms with Crippen molar-refractivity contribution >= 4 is 11.7 Å². The van der Waals surface area contributed by atoms with E-state index in [2.05, 4.69) is 10.3 Å². The first-order valence-corrected chi connectivity index (χ1v) is 3.88. The fourth-order valence-electron chi connectivity index (χ4n) is 0.771. The largest absolute Gasteiger partial charge is 0.348 e. The van der Waals surface area contributed by atoms with Gasteiger partial charge in [0.25, 0.3) is 0 Å². The van der Waals surface area contributed by atoms with Crippen LogP contribution in [-0.4, -0.2) is 17.4 Å². The highest BCUT2D eigenvalue weighted by molar-refractivity contribution is 5.91. The molecular formula is C8H13N3O. The normalized spacial score (nSPS) is 12.5. The second-order valence-corrected chi connectivity index (χ2v) is 2.71. The SMILES string of the molecule is CC(CN)C(=O)Nc1ccc[nH]1. The Morgan fingerprint density at radius 3 is 3.08 bits per heavy atom. The van der Waals surface area contributed by atoms with Crippen molar-refractivity contribution in [2.24, 2.45) is 11.7 Å². The van der Waals surface area contributed by atoms with E-state index in [-0.39, 0.29) is 11.8 Å². The highest BCUT2D eigenvalue weighted by Crippen LogP contribution is 2.03. The summed E-state index contributed by atoms with van der Waals surface area (Å²) in [6.45, 7) is 2.16. The molecular weight excluding hydrogens is 154 g/mol. The molecule has 1 atom stereocenters. The molecule has 1 aromatic rings. The highest BCUT2D eigenvalue weighted by Gasteiger charge is 2.10. The summed E-state index contributed by atoms with van der Waals surface area (Å²) in [4.78, 5) is 14.1. The van der Waals surface area contributed by atoms with Gasteiger partial charge in [-0.25, -0.2) is 0 Å². The van der Waals surface area contributed by atoms with E-state index in [1.165, 1.54) is 0 Å². The number of rotatable bonds is 3. The summed E-state index contributed by atoms with van der Waals surface area (Å²) in [6, 6.07) is 3.61.